The highest BCUT2D eigenvalue weighted by Gasteiger charge is 2.39. The average molecular weight is 309 g/mol. The summed E-state index contributed by atoms with van der Waals surface area (Å²) in [5, 5.41) is 0.886. The van der Waals surface area contributed by atoms with E-state index in [9.17, 15) is 0 Å². The normalized spacial score (nSPS) is 29.8. The Hall–Kier alpha value is -0.570. The van der Waals surface area contributed by atoms with Crippen molar-refractivity contribution in [3.05, 3.63) is 23.9 Å². The van der Waals surface area contributed by atoms with Gasteiger partial charge in [0.1, 0.15) is 5.82 Å². The molecule has 18 heavy (non-hydrogen) atoms. The summed E-state index contributed by atoms with van der Waals surface area (Å²) in [6.45, 7) is 1.18. The van der Waals surface area contributed by atoms with Crippen molar-refractivity contribution < 1.29 is 0 Å². The Labute approximate surface area is 118 Å². The zero-order chi connectivity index (χ0) is 12.5. The molecule has 0 N–H and O–H groups in total. The highest BCUT2D eigenvalue weighted by Crippen LogP contribution is 2.48. The molecule has 3 atom stereocenters. The van der Waals surface area contributed by atoms with Gasteiger partial charge in [-0.2, -0.15) is 0 Å². The molecule has 2 aliphatic rings. The lowest BCUT2D eigenvalue weighted by molar-refractivity contribution is 0.337. The van der Waals surface area contributed by atoms with Crippen LogP contribution in [0.2, 0.25) is 0 Å². The maximum absolute atomic E-state index is 4.55. The minimum absolute atomic E-state index is 0.886. The quantitative estimate of drug-likeness (QED) is 0.785. The van der Waals surface area contributed by atoms with E-state index in [0.717, 1.165) is 28.9 Å². The first-order valence-corrected chi connectivity index (χ1v) is 8.11. The predicted molar refractivity (Wildman–Crippen MR) is 79.1 cm³/mol. The van der Waals surface area contributed by atoms with Crippen LogP contribution in [0.3, 0.4) is 0 Å². The Morgan fingerprint density at radius 3 is 2.94 bits per heavy atom. The van der Waals surface area contributed by atoms with Gasteiger partial charge in [-0.1, -0.05) is 28.4 Å². The molecule has 1 heterocycles. The van der Waals surface area contributed by atoms with Crippen LogP contribution >= 0.6 is 15.9 Å². The minimum Gasteiger partial charge on any atom is -0.359 e. The predicted octanol–water partition coefficient (Wildman–Crippen LogP) is 3.85. The SMILES string of the molecule is CN(CC1CC2CCC1C2)c1ncccc1CBr. The summed E-state index contributed by atoms with van der Waals surface area (Å²) in [6.07, 6.45) is 7.80. The lowest BCUT2D eigenvalue weighted by Crippen LogP contribution is -2.29. The fourth-order valence-electron chi connectivity index (χ4n) is 3.92. The van der Waals surface area contributed by atoms with Crippen LogP contribution < -0.4 is 4.90 Å². The van der Waals surface area contributed by atoms with E-state index in [1.165, 1.54) is 37.8 Å². The molecule has 2 fully saturated rings. The summed E-state index contributed by atoms with van der Waals surface area (Å²) in [6, 6.07) is 4.18. The summed E-state index contributed by atoms with van der Waals surface area (Å²) in [4.78, 5) is 6.91. The second-order valence-electron chi connectivity index (χ2n) is 5.94. The molecule has 2 bridgehead atoms. The molecule has 98 valence electrons. The molecular formula is C15H21BrN2. The molecule has 1 aromatic heterocycles. The number of aromatic nitrogens is 1. The van der Waals surface area contributed by atoms with Crippen LogP contribution in [0.1, 0.15) is 31.2 Å². The largest absolute Gasteiger partial charge is 0.359 e. The highest BCUT2D eigenvalue weighted by molar-refractivity contribution is 9.08. The van der Waals surface area contributed by atoms with Gasteiger partial charge in [-0.25, -0.2) is 4.98 Å². The van der Waals surface area contributed by atoms with Crippen molar-refractivity contribution in [1.29, 1.82) is 0 Å². The van der Waals surface area contributed by atoms with Crippen molar-refractivity contribution in [3.63, 3.8) is 0 Å². The Morgan fingerprint density at radius 2 is 2.28 bits per heavy atom. The van der Waals surface area contributed by atoms with E-state index in [-0.39, 0.29) is 0 Å². The van der Waals surface area contributed by atoms with Gasteiger partial charge in [-0.15, -0.1) is 0 Å². The minimum atomic E-state index is 0.886. The third kappa shape index (κ3) is 2.29. The lowest BCUT2D eigenvalue weighted by atomic mass is 9.88. The number of anilines is 1. The van der Waals surface area contributed by atoms with Crippen LogP contribution in [0.25, 0.3) is 0 Å². The summed E-state index contributed by atoms with van der Waals surface area (Å²) in [5.41, 5.74) is 1.29. The average Bonchev–Trinajstić information content (AvgIpc) is 3.01. The van der Waals surface area contributed by atoms with Crippen LogP contribution in [-0.4, -0.2) is 18.6 Å². The van der Waals surface area contributed by atoms with Gasteiger partial charge in [0, 0.05) is 30.7 Å². The first-order chi connectivity index (χ1) is 8.78. The first kappa shape index (κ1) is 12.5. The number of rotatable bonds is 4. The van der Waals surface area contributed by atoms with E-state index >= 15 is 0 Å². The molecule has 0 amide bonds. The third-order valence-electron chi connectivity index (χ3n) is 4.77. The van der Waals surface area contributed by atoms with Crippen molar-refractivity contribution in [1.82, 2.24) is 4.98 Å². The van der Waals surface area contributed by atoms with Crippen molar-refractivity contribution in [2.24, 2.45) is 17.8 Å². The van der Waals surface area contributed by atoms with E-state index in [4.69, 9.17) is 0 Å². The molecule has 2 nitrogen and oxygen atoms in total. The second-order valence-corrected chi connectivity index (χ2v) is 6.50. The van der Waals surface area contributed by atoms with Crippen LogP contribution in [0.5, 0.6) is 0 Å². The zero-order valence-corrected chi connectivity index (χ0v) is 12.6. The fourth-order valence-corrected chi connectivity index (χ4v) is 4.35. The van der Waals surface area contributed by atoms with Crippen LogP contribution in [0.15, 0.2) is 18.3 Å². The highest BCUT2D eigenvalue weighted by atomic mass is 79.9. The summed E-state index contributed by atoms with van der Waals surface area (Å²) < 4.78 is 0. The van der Waals surface area contributed by atoms with E-state index in [2.05, 4.69) is 38.9 Å². The van der Waals surface area contributed by atoms with E-state index < -0.39 is 0 Å². The van der Waals surface area contributed by atoms with Crippen molar-refractivity contribution in [2.45, 2.75) is 31.0 Å². The van der Waals surface area contributed by atoms with Gasteiger partial charge in [0.05, 0.1) is 0 Å². The van der Waals surface area contributed by atoms with Gasteiger partial charge < -0.3 is 4.90 Å². The van der Waals surface area contributed by atoms with Gasteiger partial charge in [0.15, 0.2) is 0 Å². The maximum Gasteiger partial charge on any atom is 0.132 e. The molecule has 2 saturated carbocycles. The Kier molecular flexibility index (Phi) is 3.60. The summed E-state index contributed by atoms with van der Waals surface area (Å²) in [7, 11) is 2.19. The molecule has 3 unspecified atom stereocenters. The summed E-state index contributed by atoms with van der Waals surface area (Å²) >= 11 is 3.56. The smallest absolute Gasteiger partial charge is 0.132 e. The van der Waals surface area contributed by atoms with Gasteiger partial charge in [0.25, 0.3) is 0 Å². The number of nitrogens with zero attached hydrogens (tertiary/aromatic N) is 2. The number of pyridine rings is 1. The van der Waals surface area contributed by atoms with Gasteiger partial charge in [0.2, 0.25) is 0 Å². The van der Waals surface area contributed by atoms with Crippen molar-refractivity contribution in [3.8, 4) is 0 Å². The standard InChI is InChI=1S/C15H21BrN2/c1-18(15-13(9-16)3-2-6-17-15)10-14-8-11-4-5-12(14)7-11/h2-3,6,11-12,14H,4-5,7-10H2,1H3. The number of fused-ring (bicyclic) bond motifs is 2. The third-order valence-corrected chi connectivity index (χ3v) is 5.37. The molecule has 0 aromatic carbocycles. The van der Waals surface area contributed by atoms with E-state index in [0.29, 0.717) is 0 Å². The first-order valence-electron chi connectivity index (χ1n) is 6.99. The zero-order valence-electron chi connectivity index (χ0n) is 11.0. The van der Waals surface area contributed by atoms with Crippen LogP contribution in [0.4, 0.5) is 5.82 Å². The molecule has 0 spiro atoms. The number of hydrogen-bond acceptors (Lipinski definition) is 2. The van der Waals surface area contributed by atoms with Crippen molar-refractivity contribution in [2.75, 3.05) is 18.5 Å². The number of halogens is 1. The Morgan fingerprint density at radius 1 is 1.39 bits per heavy atom. The van der Waals surface area contributed by atoms with Gasteiger partial charge in [-0.3, -0.25) is 0 Å². The fraction of sp³-hybridized carbons (Fsp3) is 0.667. The van der Waals surface area contributed by atoms with Gasteiger partial charge in [-0.05, 0) is 43.1 Å². The van der Waals surface area contributed by atoms with Gasteiger partial charge >= 0.3 is 0 Å². The van der Waals surface area contributed by atoms with Crippen molar-refractivity contribution >= 4 is 21.7 Å². The number of alkyl halides is 1. The van der Waals surface area contributed by atoms with Crippen LogP contribution in [0, 0.1) is 17.8 Å². The Bertz CT molecular complexity index is 421. The topological polar surface area (TPSA) is 16.1 Å². The van der Waals surface area contributed by atoms with E-state index in [1.807, 2.05) is 12.3 Å². The monoisotopic (exact) mass is 308 g/mol. The molecule has 2 aliphatic carbocycles. The maximum atomic E-state index is 4.55. The molecule has 3 rings (SSSR count). The molecule has 0 saturated heterocycles. The van der Waals surface area contributed by atoms with E-state index in [1.54, 1.807) is 0 Å². The molecular weight excluding hydrogens is 288 g/mol. The molecule has 0 radical (unpaired) electrons. The molecule has 3 heteroatoms. The summed E-state index contributed by atoms with van der Waals surface area (Å²) in [5.74, 6) is 4.08. The lowest BCUT2D eigenvalue weighted by Gasteiger charge is -2.28. The molecule has 1 aromatic rings. The Balaban J connectivity index is 1.69. The van der Waals surface area contributed by atoms with Crippen LogP contribution in [-0.2, 0) is 5.33 Å². The number of hydrogen-bond donors (Lipinski definition) is 0. The second kappa shape index (κ2) is 5.20. The molecule has 0 aliphatic heterocycles.